The van der Waals surface area contributed by atoms with Gasteiger partial charge >= 0.3 is 0 Å². The standard InChI is InChI=1S/C18H27N3O3/c1-15-4-3-5-16(14-15)18(23)21(12-13-24-2)9-6-17(22)20-10-7-19-8-11-20/h3-5,14,19H,6-13H2,1-2H3. The van der Waals surface area contributed by atoms with Gasteiger partial charge in [-0.05, 0) is 19.1 Å². The first-order chi connectivity index (χ1) is 11.6. The molecule has 2 amide bonds. The molecule has 0 spiro atoms. The normalized spacial score (nSPS) is 14.5. The Bertz CT molecular complexity index is 556. The molecule has 1 aromatic rings. The molecule has 6 nitrogen and oxygen atoms in total. The number of nitrogens with zero attached hydrogens (tertiary/aromatic N) is 2. The van der Waals surface area contributed by atoms with E-state index in [1.807, 2.05) is 36.1 Å². The van der Waals surface area contributed by atoms with Crippen LogP contribution in [-0.2, 0) is 9.53 Å². The minimum Gasteiger partial charge on any atom is -0.383 e. The smallest absolute Gasteiger partial charge is 0.253 e. The Hall–Kier alpha value is -1.92. The van der Waals surface area contributed by atoms with Crippen molar-refractivity contribution in [3.05, 3.63) is 35.4 Å². The topological polar surface area (TPSA) is 61.9 Å². The number of methoxy groups -OCH3 is 1. The summed E-state index contributed by atoms with van der Waals surface area (Å²) in [6, 6.07) is 7.53. The lowest BCUT2D eigenvalue weighted by atomic mass is 10.1. The second-order valence-electron chi connectivity index (χ2n) is 6.04. The maximum Gasteiger partial charge on any atom is 0.253 e. The van der Waals surface area contributed by atoms with Crippen molar-refractivity contribution >= 4 is 11.8 Å². The SMILES string of the molecule is COCCN(CCC(=O)N1CCNCC1)C(=O)c1cccc(C)c1. The summed E-state index contributed by atoms with van der Waals surface area (Å²) in [6.07, 6.45) is 0.348. The van der Waals surface area contributed by atoms with E-state index in [2.05, 4.69) is 5.32 Å². The number of rotatable bonds is 7. The number of carbonyl (C=O) groups is 2. The van der Waals surface area contributed by atoms with E-state index in [0.29, 0.717) is 31.7 Å². The summed E-state index contributed by atoms with van der Waals surface area (Å²) < 4.78 is 5.11. The molecule has 1 saturated heterocycles. The highest BCUT2D eigenvalue weighted by molar-refractivity contribution is 5.94. The highest BCUT2D eigenvalue weighted by atomic mass is 16.5. The van der Waals surface area contributed by atoms with Crippen LogP contribution in [0.4, 0.5) is 0 Å². The fourth-order valence-corrected chi connectivity index (χ4v) is 2.78. The summed E-state index contributed by atoms with van der Waals surface area (Å²) in [4.78, 5) is 28.6. The molecule has 0 atom stereocenters. The maximum absolute atomic E-state index is 12.7. The molecule has 0 aromatic heterocycles. The first-order valence-corrected chi connectivity index (χ1v) is 8.45. The van der Waals surface area contributed by atoms with Gasteiger partial charge in [0, 0.05) is 58.4 Å². The van der Waals surface area contributed by atoms with Crippen LogP contribution >= 0.6 is 0 Å². The molecule has 1 fully saturated rings. The minimum absolute atomic E-state index is 0.0520. The van der Waals surface area contributed by atoms with Crippen LogP contribution in [0.25, 0.3) is 0 Å². The number of piperazine rings is 1. The van der Waals surface area contributed by atoms with Crippen molar-refractivity contribution in [2.45, 2.75) is 13.3 Å². The fraction of sp³-hybridized carbons (Fsp3) is 0.556. The van der Waals surface area contributed by atoms with E-state index >= 15 is 0 Å². The molecule has 1 aromatic carbocycles. The average Bonchev–Trinajstić information content (AvgIpc) is 2.62. The molecule has 0 bridgehead atoms. The third kappa shape index (κ3) is 5.32. The summed E-state index contributed by atoms with van der Waals surface area (Å²) in [5.74, 6) is 0.0554. The van der Waals surface area contributed by atoms with E-state index in [0.717, 1.165) is 31.7 Å². The maximum atomic E-state index is 12.7. The summed E-state index contributed by atoms with van der Waals surface area (Å²) in [6.45, 7) is 6.47. The van der Waals surface area contributed by atoms with Gasteiger partial charge in [-0.25, -0.2) is 0 Å². The monoisotopic (exact) mass is 333 g/mol. The van der Waals surface area contributed by atoms with Gasteiger partial charge in [-0.3, -0.25) is 9.59 Å². The van der Waals surface area contributed by atoms with Crippen LogP contribution < -0.4 is 5.32 Å². The number of carbonyl (C=O) groups excluding carboxylic acids is 2. The molecule has 6 heteroatoms. The van der Waals surface area contributed by atoms with E-state index in [4.69, 9.17) is 4.74 Å². The molecule has 132 valence electrons. The summed E-state index contributed by atoms with van der Waals surface area (Å²) in [5.41, 5.74) is 1.70. The van der Waals surface area contributed by atoms with Gasteiger partial charge < -0.3 is 19.9 Å². The summed E-state index contributed by atoms with van der Waals surface area (Å²) >= 11 is 0. The van der Waals surface area contributed by atoms with Gasteiger partial charge in [-0.15, -0.1) is 0 Å². The van der Waals surface area contributed by atoms with Gasteiger partial charge in [-0.2, -0.15) is 0 Å². The predicted octanol–water partition coefficient (Wildman–Crippen LogP) is 0.906. The van der Waals surface area contributed by atoms with E-state index in [1.165, 1.54) is 0 Å². The van der Waals surface area contributed by atoms with Crippen molar-refractivity contribution in [2.75, 3.05) is 53.0 Å². The molecule has 0 saturated carbocycles. The Labute approximate surface area is 143 Å². The first kappa shape index (κ1) is 18.4. The predicted molar refractivity (Wildman–Crippen MR) is 93.0 cm³/mol. The molecular weight excluding hydrogens is 306 g/mol. The zero-order chi connectivity index (χ0) is 17.4. The van der Waals surface area contributed by atoms with E-state index in [-0.39, 0.29) is 11.8 Å². The van der Waals surface area contributed by atoms with E-state index < -0.39 is 0 Å². The number of hydrogen-bond acceptors (Lipinski definition) is 4. The molecule has 0 radical (unpaired) electrons. The largest absolute Gasteiger partial charge is 0.383 e. The van der Waals surface area contributed by atoms with Crippen LogP contribution in [0.1, 0.15) is 22.3 Å². The van der Waals surface area contributed by atoms with Crippen molar-refractivity contribution < 1.29 is 14.3 Å². The summed E-state index contributed by atoms with van der Waals surface area (Å²) in [5, 5.41) is 3.23. The number of nitrogens with one attached hydrogen (secondary N) is 1. The second-order valence-corrected chi connectivity index (χ2v) is 6.04. The van der Waals surface area contributed by atoms with Crippen LogP contribution in [0.15, 0.2) is 24.3 Å². The van der Waals surface area contributed by atoms with Crippen molar-refractivity contribution in [1.82, 2.24) is 15.1 Å². The fourth-order valence-electron chi connectivity index (χ4n) is 2.78. The van der Waals surface area contributed by atoms with Crippen LogP contribution in [0.2, 0.25) is 0 Å². The highest BCUT2D eigenvalue weighted by Crippen LogP contribution is 2.09. The second kappa shape index (κ2) is 9.39. The molecule has 0 unspecified atom stereocenters. The lowest BCUT2D eigenvalue weighted by Crippen LogP contribution is -2.47. The Morgan fingerprint density at radius 2 is 2.00 bits per heavy atom. The molecule has 0 aliphatic carbocycles. The number of benzene rings is 1. The van der Waals surface area contributed by atoms with Crippen LogP contribution in [0.5, 0.6) is 0 Å². The van der Waals surface area contributed by atoms with Gasteiger partial charge in [0.15, 0.2) is 0 Å². The highest BCUT2D eigenvalue weighted by Gasteiger charge is 2.20. The van der Waals surface area contributed by atoms with Crippen LogP contribution in [0, 0.1) is 6.92 Å². The van der Waals surface area contributed by atoms with Gasteiger partial charge in [0.25, 0.3) is 5.91 Å². The Balaban J connectivity index is 1.96. The number of ether oxygens (including phenoxy) is 1. The molecule has 1 aliphatic rings. The van der Waals surface area contributed by atoms with Gasteiger partial charge in [0.2, 0.25) is 5.91 Å². The van der Waals surface area contributed by atoms with E-state index in [1.54, 1.807) is 12.0 Å². The molecule has 1 heterocycles. The van der Waals surface area contributed by atoms with Gasteiger partial charge in [0.1, 0.15) is 0 Å². The van der Waals surface area contributed by atoms with Crippen LogP contribution in [-0.4, -0.2) is 74.6 Å². The Morgan fingerprint density at radius 1 is 1.25 bits per heavy atom. The molecule has 1 aliphatic heterocycles. The van der Waals surface area contributed by atoms with Gasteiger partial charge in [-0.1, -0.05) is 17.7 Å². The Kier molecular flexibility index (Phi) is 7.21. The number of amides is 2. The lowest BCUT2D eigenvalue weighted by Gasteiger charge is -2.29. The van der Waals surface area contributed by atoms with Crippen molar-refractivity contribution in [3.8, 4) is 0 Å². The minimum atomic E-state index is -0.0520. The summed E-state index contributed by atoms with van der Waals surface area (Å²) in [7, 11) is 1.61. The van der Waals surface area contributed by atoms with Crippen molar-refractivity contribution in [3.63, 3.8) is 0 Å². The molecule has 2 rings (SSSR count). The van der Waals surface area contributed by atoms with Crippen LogP contribution in [0.3, 0.4) is 0 Å². The third-order valence-corrected chi connectivity index (χ3v) is 4.18. The number of hydrogen-bond donors (Lipinski definition) is 1. The zero-order valence-corrected chi connectivity index (χ0v) is 14.6. The van der Waals surface area contributed by atoms with Crippen molar-refractivity contribution in [2.24, 2.45) is 0 Å². The molecule has 1 N–H and O–H groups in total. The first-order valence-electron chi connectivity index (χ1n) is 8.45. The molecular formula is C18H27N3O3. The van der Waals surface area contributed by atoms with E-state index in [9.17, 15) is 9.59 Å². The molecule has 24 heavy (non-hydrogen) atoms. The average molecular weight is 333 g/mol. The lowest BCUT2D eigenvalue weighted by molar-refractivity contribution is -0.132. The third-order valence-electron chi connectivity index (χ3n) is 4.18. The quantitative estimate of drug-likeness (QED) is 0.805. The Morgan fingerprint density at radius 3 is 2.67 bits per heavy atom. The van der Waals surface area contributed by atoms with Crippen molar-refractivity contribution in [1.29, 1.82) is 0 Å². The van der Waals surface area contributed by atoms with Gasteiger partial charge in [0.05, 0.1) is 6.61 Å². The number of aryl methyl sites for hydroxylation is 1. The zero-order valence-electron chi connectivity index (χ0n) is 14.6.